The van der Waals surface area contributed by atoms with Crippen molar-refractivity contribution in [2.45, 2.75) is 0 Å². The zero-order valence-corrected chi connectivity index (χ0v) is 10.1. The molecule has 6 heteroatoms. The summed E-state index contributed by atoms with van der Waals surface area (Å²) in [5, 5.41) is 16.4. The van der Waals surface area contributed by atoms with Crippen LogP contribution in [0.3, 0.4) is 0 Å². The molecule has 2 aromatic rings. The Bertz CT molecular complexity index is 546. The van der Waals surface area contributed by atoms with Crippen LogP contribution in [-0.4, -0.2) is 21.3 Å². The lowest BCUT2D eigenvalue weighted by atomic mass is 10.2. The molecule has 0 aliphatic carbocycles. The van der Waals surface area contributed by atoms with Crippen molar-refractivity contribution in [3.05, 3.63) is 46.6 Å². The first-order valence-electron chi connectivity index (χ1n) is 4.65. The number of aromatic nitrogens is 2. The van der Waals surface area contributed by atoms with Crippen LogP contribution in [0.5, 0.6) is 11.6 Å². The van der Waals surface area contributed by atoms with Gasteiger partial charge in [0.2, 0.25) is 5.88 Å². The molecule has 1 aromatic carbocycles. The summed E-state index contributed by atoms with van der Waals surface area (Å²) in [6.07, 6.45) is 1.51. The third kappa shape index (κ3) is 2.79. The third-order valence-corrected chi connectivity index (χ3v) is 2.43. The average molecular weight is 295 g/mol. The summed E-state index contributed by atoms with van der Waals surface area (Å²) < 4.78 is 6.09. The maximum Gasteiger partial charge on any atom is 0.339 e. The summed E-state index contributed by atoms with van der Waals surface area (Å²) in [4.78, 5) is 11.0. The molecular weight excluding hydrogens is 288 g/mol. The molecule has 5 nitrogen and oxygen atoms in total. The van der Waals surface area contributed by atoms with Crippen LogP contribution in [0.4, 0.5) is 0 Å². The Balaban J connectivity index is 2.37. The Morgan fingerprint density at radius 1 is 1.35 bits per heavy atom. The molecule has 0 unspecified atom stereocenters. The number of aromatic carboxylic acids is 1. The second-order valence-corrected chi connectivity index (χ2v) is 4.03. The van der Waals surface area contributed by atoms with Crippen molar-refractivity contribution in [3.8, 4) is 11.6 Å². The highest BCUT2D eigenvalue weighted by atomic mass is 79.9. The van der Waals surface area contributed by atoms with Crippen LogP contribution < -0.4 is 4.74 Å². The van der Waals surface area contributed by atoms with Crippen molar-refractivity contribution in [2.24, 2.45) is 0 Å². The van der Waals surface area contributed by atoms with Gasteiger partial charge in [0.15, 0.2) is 0 Å². The predicted octanol–water partition coefficient (Wildman–Crippen LogP) is 2.73. The minimum absolute atomic E-state index is 0.0684. The largest absolute Gasteiger partial charge is 0.478 e. The van der Waals surface area contributed by atoms with Crippen molar-refractivity contribution in [2.75, 3.05) is 0 Å². The van der Waals surface area contributed by atoms with E-state index in [9.17, 15) is 4.79 Å². The van der Waals surface area contributed by atoms with Gasteiger partial charge >= 0.3 is 5.97 Å². The zero-order valence-electron chi connectivity index (χ0n) is 8.50. The molecule has 0 saturated heterocycles. The third-order valence-electron chi connectivity index (χ3n) is 1.94. The van der Waals surface area contributed by atoms with Crippen molar-refractivity contribution in [1.29, 1.82) is 0 Å². The Labute approximate surface area is 105 Å². The molecule has 0 saturated carbocycles. The first-order chi connectivity index (χ1) is 8.16. The number of carbonyl (C=O) groups is 1. The minimum Gasteiger partial charge on any atom is -0.478 e. The van der Waals surface area contributed by atoms with Gasteiger partial charge in [0.25, 0.3) is 0 Å². The molecule has 0 atom stereocenters. The Morgan fingerprint density at radius 2 is 2.18 bits per heavy atom. The molecule has 1 aromatic heterocycles. The molecule has 0 bridgehead atoms. The second kappa shape index (κ2) is 4.92. The molecule has 17 heavy (non-hydrogen) atoms. The number of rotatable bonds is 3. The standard InChI is InChI=1S/C11H7BrN2O3/c12-7-3-4-8(11(15)16)9(6-7)17-10-2-1-5-13-14-10/h1-6H,(H,15,16). The van der Waals surface area contributed by atoms with Crippen LogP contribution in [-0.2, 0) is 0 Å². The first kappa shape index (κ1) is 11.5. The van der Waals surface area contributed by atoms with Gasteiger partial charge in [-0.25, -0.2) is 4.79 Å². The molecule has 0 aliphatic rings. The van der Waals surface area contributed by atoms with E-state index in [1.807, 2.05) is 0 Å². The number of nitrogens with zero attached hydrogens (tertiary/aromatic N) is 2. The first-order valence-corrected chi connectivity index (χ1v) is 5.44. The fourth-order valence-electron chi connectivity index (χ4n) is 1.21. The van der Waals surface area contributed by atoms with E-state index in [0.29, 0.717) is 0 Å². The highest BCUT2D eigenvalue weighted by Gasteiger charge is 2.12. The fraction of sp³-hybridized carbons (Fsp3) is 0. The van der Waals surface area contributed by atoms with Crippen molar-refractivity contribution < 1.29 is 14.6 Å². The molecule has 0 spiro atoms. The van der Waals surface area contributed by atoms with Crippen LogP contribution in [0.2, 0.25) is 0 Å². The van der Waals surface area contributed by atoms with E-state index in [4.69, 9.17) is 9.84 Å². The number of hydrogen-bond donors (Lipinski definition) is 1. The molecule has 0 amide bonds. The number of halogens is 1. The number of carboxylic acids is 1. The van der Waals surface area contributed by atoms with Gasteiger partial charge in [-0.3, -0.25) is 0 Å². The average Bonchev–Trinajstić information content (AvgIpc) is 2.30. The lowest BCUT2D eigenvalue weighted by molar-refractivity contribution is 0.0694. The quantitative estimate of drug-likeness (QED) is 0.942. The number of benzene rings is 1. The topological polar surface area (TPSA) is 72.3 Å². The van der Waals surface area contributed by atoms with Gasteiger partial charge in [-0.2, -0.15) is 5.10 Å². The van der Waals surface area contributed by atoms with Gasteiger partial charge in [0.05, 0.1) is 0 Å². The van der Waals surface area contributed by atoms with E-state index in [0.717, 1.165) is 4.47 Å². The normalized spacial score (nSPS) is 9.94. The lowest BCUT2D eigenvalue weighted by Gasteiger charge is -2.07. The number of carboxylic acid groups (broad SMARTS) is 1. The summed E-state index contributed by atoms with van der Waals surface area (Å²) in [6.45, 7) is 0. The van der Waals surface area contributed by atoms with E-state index < -0.39 is 5.97 Å². The van der Waals surface area contributed by atoms with Crippen LogP contribution in [0.1, 0.15) is 10.4 Å². The second-order valence-electron chi connectivity index (χ2n) is 3.11. The number of hydrogen-bond acceptors (Lipinski definition) is 4. The minimum atomic E-state index is -1.06. The summed E-state index contributed by atoms with van der Waals surface area (Å²) in [6, 6.07) is 7.91. The molecular formula is C11H7BrN2O3. The van der Waals surface area contributed by atoms with E-state index in [1.54, 1.807) is 24.3 Å². The molecule has 1 heterocycles. The van der Waals surface area contributed by atoms with Gasteiger partial charge in [-0.1, -0.05) is 15.9 Å². The van der Waals surface area contributed by atoms with Crippen molar-refractivity contribution in [3.63, 3.8) is 0 Å². The molecule has 0 radical (unpaired) electrons. The Hall–Kier alpha value is -1.95. The Morgan fingerprint density at radius 3 is 2.82 bits per heavy atom. The monoisotopic (exact) mass is 294 g/mol. The van der Waals surface area contributed by atoms with Crippen molar-refractivity contribution in [1.82, 2.24) is 10.2 Å². The van der Waals surface area contributed by atoms with Crippen LogP contribution in [0.15, 0.2) is 41.0 Å². The van der Waals surface area contributed by atoms with E-state index in [-0.39, 0.29) is 17.2 Å². The van der Waals surface area contributed by atoms with Gasteiger partial charge in [0, 0.05) is 16.7 Å². The SMILES string of the molecule is O=C(O)c1ccc(Br)cc1Oc1cccnn1. The summed E-state index contributed by atoms with van der Waals surface area (Å²) in [5.41, 5.74) is 0.0684. The highest BCUT2D eigenvalue weighted by Crippen LogP contribution is 2.27. The van der Waals surface area contributed by atoms with Gasteiger partial charge in [-0.15, -0.1) is 5.10 Å². The Kier molecular flexibility index (Phi) is 3.34. The summed E-state index contributed by atoms with van der Waals surface area (Å²) >= 11 is 3.25. The predicted molar refractivity (Wildman–Crippen MR) is 63.2 cm³/mol. The smallest absolute Gasteiger partial charge is 0.339 e. The van der Waals surface area contributed by atoms with E-state index >= 15 is 0 Å². The van der Waals surface area contributed by atoms with E-state index in [2.05, 4.69) is 26.1 Å². The molecule has 0 aliphatic heterocycles. The molecule has 86 valence electrons. The fourth-order valence-corrected chi connectivity index (χ4v) is 1.55. The molecule has 0 fully saturated rings. The molecule has 2 rings (SSSR count). The van der Waals surface area contributed by atoms with Gasteiger partial charge < -0.3 is 9.84 Å². The maximum atomic E-state index is 11.0. The highest BCUT2D eigenvalue weighted by molar-refractivity contribution is 9.10. The van der Waals surface area contributed by atoms with Crippen LogP contribution in [0, 0.1) is 0 Å². The van der Waals surface area contributed by atoms with Gasteiger partial charge in [0.1, 0.15) is 11.3 Å². The van der Waals surface area contributed by atoms with Crippen LogP contribution >= 0.6 is 15.9 Å². The van der Waals surface area contributed by atoms with Crippen molar-refractivity contribution >= 4 is 21.9 Å². The summed E-state index contributed by atoms with van der Waals surface area (Å²) in [5.74, 6) is -0.600. The van der Waals surface area contributed by atoms with E-state index in [1.165, 1.54) is 12.3 Å². The number of ether oxygens (including phenoxy) is 1. The molecule has 1 N–H and O–H groups in total. The van der Waals surface area contributed by atoms with Gasteiger partial charge in [-0.05, 0) is 24.3 Å². The lowest BCUT2D eigenvalue weighted by Crippen LogP contribution is -2.00. The summed E-state index contributed by atoms with van der Waals surface area (Å²) in [7, 11) is 0. The van der Waals surface area contributed by atoms with Crippen LogP contribution in [0.25, 0.3) is 0 Å². The maximum absolute atomic E-state index is 11.0. The zero-order chi connectivity index (χ0) is 12.3.